The molecular weight excluding hydrogens is 301 g/mol. The second-order valence-electron chi connectivity index (χ2n) is 3.51. The largest absolute Gasteiger partial charge is 0.497 e. The van der Waals surface area contributed by atoms with Gasteiger partial charge in [-0.15, -0.1) is 22.9 Å². The van der Waals surface area contributed by atoms with Gasteiger partial charge in [-0.3, -0.25) is 0 Å². The summed E-state index contributed by atoms with van der Waals surface area (Å²) in [7, 11) is 1.34. The maximum absolute atomic E-state index is 13.8. The van der Waals surface area contributed by atoms with Gasteiger partial charge in [0.25, 0.3) is 0 Å². The van der Waals surface area contributed by atoms with Crippen LogP contribution in [0, 0.1) is 11.6 Å². The Morgan fingerprint density at radius 3 is 2.28 bits per heavy atom. The second-order valence-corrected chi connectivity index (χ2v) is 5.69. The van der Waals surface area contributed by atoms with Crippen LogP contribution in [0.1, 0.15) is 15.8 Å². The van der Waals surface area contributed by atoms with Crippen molar-refractivity contribution in [3.05, 3.63) is 50.7 Å². The van der Waals surface area contributed by atoms with E-state index in [1.54, 1.807) is 12.1 Å². The minimum Gasteiger partial charge on any atom is -0.497 e. The molecule has 2 aromatic rings. The van der Waals surface area contributed by atoms with Crippen LogP contribution in [0.25, 0.3) is 0 Å². The zero-order chi connectivity index (χ0) is 13.3. The van der Waals surface area contributed by atoms with Gasteiger partial charge < -0.3 is 4.74 Å². The molecule has 0 fully saturated rings. The molecule has 0 aliphatic rings. The highest BCUT2D eigenvalue weighted by atomic mass is 35.5. The lowest BCUT2D eigenvalue weighted by molar-refractivity contribution is 0.405. The van der Waals surface area contributed by atoms with Crippen molar-refractivity contribution in [3.63, 3.8) is 0 Å². The summed E-state index contributed by atoms with van der Waals surface area (Å²) in [4.78, 5) is 0.588. The predicted octanol–water partition coefficient (Wildman–Crippen LogP) is 5.02. The van der Waals surface area contributed by atoms with Gasteiger partial charge in [-0.1, -0.05) is 11.6 Å². The van der Waals surface area contributed by atoms with E-state index in [2.05, 4.69) is 0 Å². The van der Waals surface area contributed by atoms with E-state index in [1.807, 2.05) is 0 Å². The van der Waals surface area contributed by atoms with Crippen molar-refractivity contribution in [2.24, 2.45) is 0 Å². The van der Waals surface area contributed by atoms with Crippen LogP contribution in [0.2, 0.25) is 4.34 Å². The van der Waals surface area contributed by atoms with E-state index in [-0.39, 0.29) is 11.3 Å². The first-order valence-electron chi connectivity index (χ1n) is 4.95. The monoisotopic (exact) mass is 308 g/mol. The Kier molecular flexibility index (Phi) is 4.10. The minimum atomic E-state index is -0.909. The lowest BCUT2D eigenvalue weighted by atomic mass is 10.1. The first-order valence-corrected chi connectivity index (χ1v) is 6.58. The minimum absolute atomic E-state index is 0.113. The summed E-state index contributed by atoms with van der Waals surface area (Å²) in [6.07, 6.45) is 0. The molecule has 0 aliphatic heterocycles. The van der Waals surface area contributed by atoms with Crippen LogP contribution in [-0.4, -0.2) is 7.11 Å². The molecule has 6 heteroatoms. The molecule has 1 aromatic carbocycles. The molecule has 0 bridgehead atoms. The molecule has 0 radical (unpaired) electrons. The van der Waals surface area contributed by atoms with Gasteiger partial charge in [0.2, 0.25) is 0 Å². The van der Waals surface area contributed by atoms with Crippen LogP contribution in [0.5, 0.6) is 5.75 Å². The first-order chi connectivity index (χ1) is 8.52. The maximum Gasteiger partial charge on any atom is 0.134 e. The van der Waals surface area contributed by atoms with E-state index in [9.17, 15) is 8.78 Å². The number of rotatable bonds is 3. The van der Waals surface area contributed by atoms with Gasteiger partial charge in [-0.2, -0.15) is 0 Å². The van der Waals surface area contributed by atoms with Crippen LogP contribution < -0.4 is 4.74 Å². The van der Waals surface area contributed by atoms with Gasteiger partial charge in [0, 0.05) is 22.6 Å². The van der Waals surface area contributed by atoms with Gasteiger partial charge in [-0.05, 0) is 12.1 Å². The molecule has 1 atom stereocenters. The van der Waals surface area contributed by atoms with Crippen LogP contribution in [0.4, 0.5) is 8.78 Å². The summed E-state index contributed by atoms with van der Waals surface area (Å²) in [5.74, 6) is -1.37. The third-order valence-corrected chi connectivity index (χ3v) is 4.26. The summed E-state index contributed by atoms with van der Waals surface area (Å²) in [6, 6.07) is 5.48. The number of halogens is 4. The molecule has 0 saturated carbocycles. The Balaban J connectivity index is 2.44. The van der Waals surface area contributed by atoms with Gasteiger partial charge in [0.15, 0.2) is 0 Å². The summed E-state index contributed by atoms with van der Waals surface area (Å²) < 4.78 is 32.9. The predicted molar refractivity (Wildman–Crippen MR) is 69.9 cm³/mol. The Labute approximate surface area is 117 Å². The van der Waals surface area contributed by atoms with E-state index in [0.29, 0.717) is 9.21 Å². The number of ether oxygens (including phenoxy) is 1. The van der Waals surface area contributed by atoms with Crippen molar-refractivity contribution >= 4 is 34.5 Å². The molecule has 0 amide bonds. The number of hydrogen-bond acceptors (Lipinski definition) is 2. The lowest BCUT2D eigenvalue weighted by Crippen LogP contribution is -2.00. The third kappa shape index (κ3) is 2.60. The Morgan fingerprint density at radius 2 is 1.83 bits per heavy atom. The molecule has 0 aliphatic carbocycles. The van der Waals surface area contributed by atoms with E-state index < -0.39 is 17.0 Å². The fourth-order valence-electron chi connectivity index (χ4n) is 1.53. The third-order valence-electron chi connectivity index (χ3n) is 2.39. The maximum atomic E-state index is 13.8. The van der Waals surface area contributed by atoms with Crippen molar-refractivity contribution in [2.45, 2.75) is 5.38 Å². The van der Waals surface area contributed by atoms with Crippen molar-refractivity contribution in [2.75, 3.05) is 7.11 Å². The molecule has 0 N–H and O–H groups in total. The zero-order valence-corrected chi connectivity index (χ0v) is 11.5. The van der Waals surface area contributed by atoms with Crippen molar-refractivity contribution in [3.8, 4) is 5.75 Å². The second kappa shape index (κ2) is 5.43. The molecule has 18 heavy (non-hydrogen) atoms. The van der Waals surface area contributed by atoms with Crippen molar-refractivity contribution in [1.29, 1.82) is 0 Å². The van der Waals surface area contributed by atoms with Crippen molar-refractivity contribution in [1.82, 2.24) is 0 Å². The summed E-state index contributed by atoms with van der Waals surface area (Å²) >= 11 is 13.0. The standard InChI is InChI=1S/C12H8Cl2F2OS/c1-17-6-4-7(15)11(8(16)5-6)12(14)9-2-3-10(13)18-9/h2-5,12H,1H3. The number of alkyl halides is 1. The number of hydrogen-bond donors (Lipinski definition) is 0. The summed E-state index contributed by atoms with van der Waals surface area (Å²) in [6.45, 7) is 0. The van der Waals surface area contributed by atoms with Crippen LogP contribution >= 0.6 is 34.5 Å². The van der Waals surface area contributed by atoms with E-state index in [4.69, 9.17) is 27.9 Å². The quantitative estimate of drug-likeness (QED) is 0.724. The molecule has 1 aromatic heterocycles. The van der Waals surface area contributed by atoms with E-state index >= 15 is 0 Å². The normalized spacial score (nSPS) is 12.5. The SMILES string of the molecule is COc1cc(F)c(C(Cl)c2ccc(Cl)s2)c(F)c1. The fraction of sp³-hybridized carbons (Fsp3) is 0.167. The average Bonchev–Trinajstić information content (AvgIpc) is 2.74. The first kappa shape index (κ1) is 13.6. The van der Waals surface area contributed by atoms with Gasteiger partial charge in [0.1, 0.15) is 17.4 Å². The highest BCUT2D eigenvalue weighted by Gasteiger charge is 2.22. The topological polar surface area (TPSA) is 9.23 Å². The van der Waals surface area contributed by atoms with Gasteiger partial charge in [-0.25, -0.2) is 8.78 Å². The van der Waals surface area contributed by atoms with Gasteiger partial charge in [0.05, 0.1) is 16.8 Å². The Morgan fingerprint density at radius 1 is 1.22 bits per heavy atom. The van der Waals surface area contributed by atoms with Crippen LogP contribution in [-0.2, 0) is 0 Å². The Bertz CT molecular complexity index is 548. The number of thiophene rings is 1. The molecule has 0 saturated heterocycles. The van der Waals surface area contributed by atoms with E-state index in [0.717, 1.165) is 12.1 Å². The average molecular weight is 309 g/mol. The number of benzene rings is 1. The highest BCUT2D eigenvalue weighted by molar-refractivity contribution is 7.16. The molecule has 1 heterocycles. The van der Waals surface area contributed by atoms with E-state index in [1.165, 1.54) is 18.4 Å². The molecular formula is C12H8Cl2F2OS. The fourth-order valence-corrected chi connectivity index (χ4v) is 2.99. The van der Waals surface area contributed by atoms with Crippen molar-refractivity contribution < 1.29 is 13.5 Å². The summed E-state index contributed by atoms with van der Waals surface area (Å²) in [5, 5.41) is -0.909. The Hall–Kier alpha value is -0.840. The lowest BCUT2D eigenvalue weighted by Gasteiger charge is -2.11. The smallest absolute Gasteiger partial charge is 0.134 e. The number of methoxy groups -OCH3 is 1. The summed E-state index contributed by atoms with van der Waals surface area (Å²) in [5.41, 5.74) is -0.198. The molecule has 2 rings (SSSR count). The molecule has 1 nitrogen and oxygen atoms in total. The molecule has 1 unspecified atom stereocenters. The molecule has 0 spiro atoms. The van der Waals surface area contributed by atoms with Crippen LogP contribution in [0.3, 0.4) is 0 Å². The van der Waals surface area contributed by atoms with Gasteiger partial charge >= 0.3 is 0 Å². The zero-order valence-electron chi connectivity index (χ0n) is 9.22. The molecule has 96 valence electrons. The van der Waals surface area contributed by atoms with Crippen LogP contribution in [0.15, 0.2) is 24.3 Å². The highest BCUT2D eigenvalue weighted by Crippen LogP contribution is 2.38.